The minimum absolute atomic E-state index is 0.00367. The molecule has 0 aromatic heterocycles. The average Bonchev–Trinajstić information content (AvgIpc) is 2.84. The van der Waals surface area contributed by atoms with E-state index in [9.17, 15) is 4.79 Å². The lowest BCUT2D eigenvalue weighted by atomic mass is 10.1. The molecule has 0 atom stereocenters. The summed E-state index contributed by atoms with van der Waals surface area (Å²) < 4.78 is 5.39. The van der Waals surface area contributed by atoms with Gasteiger partial charge in [-0.2, -0.15) is 0 Å². The molecule has 0 fully saturated rings. The van der Waals surface area contributed by atoms with E-state index >= 15 is 0 Å². The van der Waals surface area contributed by atoms with Gasteiger partial charge in [-0.25, -0.2) is 0 Å². The summed E-state index contributed by atoms with van der Waals surface area (Å²) in [6.07, 6.45) is 41.4. The Labute approximate surface area is 213 Å². The first-order valence-corrected chi connectivity index (χ1v) is 14.6. The van der Waals surface area contributed by atoms with Crippen molar-refractivity contribution in [1.82, 2.24) is 0 Å². The second-order valence-corrected chi connectivity index (χ2v) is 9.34. The topological polar surface area (TPSA) is 26.3 Å². The molecule has 2 heteroatoms. The standard InChI is InChI=1S/C32H56O2/c1-3-5-7-9-11-13-15-17-18-19-20-22-24-26-28-30-32(33)34-31-29-27-25-23-21-16-14-12-10-8-6-4-2/h5,7,10-13,17-18H,3-4,6,8-9,14-16,19-31H2,1-2H3/b7-5-,12-10+,13-11-,18-17-. The smallest absolute Gasteiger partial charge is 0.305 e. The fourth-order valence-corrected chi connectivity index (χ4v) is 3.78. The van der Waals surface area contributed by atoms with Crippen LogP contribution in [0.2, 0.25) is 0 Å². The van der Waals surface area contributed by atoms with Crippen LogP contribution in [0.15, 0.2) is 48.6 Å². The third-order valence-electron chi connectivity index (χ3n) is 5.95. The maximum absolute atomic E-state index is 11.8. The molecule has 2 nitrogen and oxygen atoms in total. The van der Waals surface area contributed by atoms with E-state index < -0.39 is 0 Å². The van der Waals surface area contributed by atoms with Gasteiger partial charge < -0.3 is 4.74 Å². The number of allylic oxidation sites excluding steroid dienone is 8. The zero-order chi connectivity index (χ0) is 24.8. The number of carbonyl (C=O) groups is 1. The van der Waals surface area contributed by atoms with Gasteiger partial charge in [0.2, 0.25) is 0 Å². The van der Waals surface area contributed by atoms with Gasteiger partial charge in [0.1, 0.15) is 0 Å². The highest BCUT2D eigenvalue weighted by molar-refractivity contribution is 5.69. The Hall–Kier alpha value is -1.57. The van der Waals surface area contributed by atoms with Gasteiger partial charge in [0.25, 0.3) is 0 Å². The molecule has 34 heavy (non-hydrogen) atoms. The first-order valence-electron chi connectivity index (χ1n) is 14.6. The molecule has 0 heterocycles. The summed E-state index contributed by atoms with van der Waals surface area (Å²) in [6.45, 7) is 5.01. The SMILES string of the molecule is CC/C=C\C/C=C\C/C=C\CCCCCCCC(=O)OCCCCCCCC/C=C/CCCC. The van der Waals surface area contributed by atoms with Crippen LogP contribution >= 0.6 is 0 Å². The van der Waals surface area contributed by atoms with Crippen LogP contribution in [0.4, 0.5) is 0 Å². The Morgan fingerprint density at radius 3 is 1.62 bits per heavy atom. The molecule has 0 aromatic carbocycles. The number of carbonyl (C=O) groups excluding carboxylic acids is 1. The zero-order valence-electron chi connectivity index (χ0n) is 22.8. The molecule has 0 saturated heterocycles. The molecule has 0 amide bonds. The van der Waals surface area contributed by atoms with E-state index in [-0.39, 0.29) is 5.97 Å². The van der Waals surface area contributed by atoms with E-state index in [2.05, 4.69) is 62.5 Å². The minimum Gasteiger partial charge on any atom is -0.466 e. The van der Waals surface area contributed by atoms with Crippen molar-refractivity contribution in [1.29, 1.82) is 0 Å². The Balaban J connectivity index is 3.29. The summed E-state index contributed by atoms with van der Waals surface area (Å²) in [7, 11) is 0. The second kappa shape index (κ2) is 29.5. The van der Waals surface area contributed by atoms with Gasteiger partial charge in [0.05, 0.1) is 6.61 Å². The minimum atomic E-state index is -0.00367. The number of unbranched alkanes of at least 4 members (excludes halogenated alkanes) is 13. The number of rotatable bonds is 25. The molecule has 0 spiro atoms. The highest BCUT2D eigenvalue weighted by Crippen LogP contribution is 2.10. The molecule has 0 aromatic rings. The molecule has 0 unspecified atom stereocenters. The van der Waals surface area contributed by atoms with Crippen molar-refractivity contribution < 1.29 is 9.53 Å². The highest BCUT2D eigenvalue weighted by atomic mass is 16.5. The van der Waals surface area contributed by atoms with Gasteiger partial charge in [-0.1, -0.05) is 120 Å². The molecule has 196 valence electrons. The van der Waals surface area contributed by atoms with E-state index in [0.717, 1.165) is 38.5 Å². The van der Waals surface area contributed by atoms with E-state index in [1.807, 2.05) is 0 Å². The molecule has 0 bridgehead atoms. The highest BCUT2D eigenvalue weighted by Gasteiger charge is 2.02. The number of esters is 1. The predicted octanol–water partition coefficient (Wildman–Crippen LogP) is 10.6. The van der Waals surface area contributed by atoms with Crippen molar-refractivity contribution in [2.75, 3.05) is 6.61 Å². The van der Waals surface area contributed by atoms with Gasteiger partial charge in [-0.3, -0.25) is 4.79 Å². The van der Waals surface area contributed by atoms with Crippen LogP contribution in [0.5, 0.6) is 0 Å². The average molecular weight is 473 g/mol. The summed E-state index contributed by atoms with van der Waals surface area (Å²) in [5, 5.41) is 0. The lowest BCUT2D eigenvalue weighted by molar-refractivity contribution is -0.143. The quantitative estimate of drug-likeness (QED) is 0.0750. The van der Waals surface area contributed by atoms with Crippen LogP contribution in [-0.4, -0.2) is 12.6 Å². The van der Waals surface area contributed by atoms with Gasteiger partial charge in [0.15, 0.2) is 0 Å². The lowest BCUT2D eigenvalue weighted by Crippen LogP contribution is -2.05. The third-order valence-corrected chi connectivity index (χ3v) is 5.95. The predicted molar refractivity (Wildman–Crippen MR) is 151 cm³/mol. The first kappa shape index (κ1) is 32.4. The van der Waals surface area contributed by atoms with E-state index in [1.165, 1.54) is 83.5 Å². The summed E-state index contributed by atoms with van der Waals surface area (Å²) in [4.78, 5) is 11.8. The Morgan fingerprint density at radius 1 is 0.529 bits per heavy atom. The van der Waals surface area contributed by atoms with E-state index in [0.29, 0.717) is 13.0 Å². The second-order valence-electron chi connectivity index (χ2n) is 9.34. The van der Waals surface area contributed by atoms with Crippen molar-refractivity contribution >= 4 is 5.97 Å². The maximum Gasteiger partial charge on any atom is 0.305 e. The number of hydrogen-bond donors (Lipinski definition) is 0. The third kappa shape index (κ3) is 28.5. The van der Waals surface area contributed by atoms with Crippen molar-refractivity contribution in [3.05, 3.63) is 48.6 Å². The van der Waals surface area contributed by atoms with Crippen LogP contribution in [-0.2, 0) is 9.53 Å². The Bertz CT molecular complexity index is 527. The molecule has 0 rings (SSSR count). The fourth-order valence-electron chi connectivity index (χ4n) is 3.78. The molecule has 0 aliphatic carbocycles. The van der Waals surface area contributed by atoms with Crippen LogP contribution in [0.25, 0.3) is 0 Å². The van der Waals surface area contributed by atoms with Crippen LogP contribution < -0.4 is 0 Å². The molecule has 0 N–H and O–H groups in total. The normalized spacial score (nSPS) is 12.2. The van der Waals surface area contributed by atoms with Gasteiger partial charge >= 0.3 is 5.97 Å². The molecule has 0 saturated carbocycles. The maximum atomic E-state index is 11.8. The van der Waals surface area contributed by atoms with Gasteiger partial charge in [-0.15, -0.1) is 0 Å². The van der Waals surface area contributed by atoms with Crippen molar-refractivity contribution in [3.8, 4) is 0 Å². The number of hydrogen-bond acceptors (Lipinski definition) is 2. The Morgan fingerprint density at radius 2 is 1.00 bits per heavy atom. The summed E-state index contributed by atoms with van der Waals surface area (Å²) in [5.41, 5.74) is 0. The van der Waals surface area contributed by atoms with Gasteiger partial charge in [-0.05, 0) is 64.2 Å². The molecular formula is C32H56O2. The van der Waals surface area contributed by atoms with E-state index in [4.69, 9.17) is 4.74 Å². The largest absolute Gasteiger partial charge is 0.466 e. The first-order chi connectivity index (χ1) is 16.8. The summed E-state index contributed by atoms with van der Waals surface area (Å²) in [6, 6.07) is 0. The van der Waals surface area contributed by atoms with Crippen LogP contribution in [0, 0.1) is 0 Å². The van der Waals surface area contributed by atoms with Gasteiger partial charge in [0, 0.05) is 6.42 Å². The van der Waals surface area contributed by atoms with Crippen LogP contribution in [0.1, 0.15) is 142 Å². The molecular weight excluding hydrogens is 416 g/mol. The van der Waals surface area contributed by atoms with Crippen LogP contribution in [0.3, 0.4) is 0 Å². The van der Waals surface area contributed by atoms with Crippen molar-refractivity contribution in [2.45, 2.75) is 142 Å². The Kier molecular flexibility index (Phi) is 28.1. The van der Waals surface area contributed by atoms with E-state index in [1.54, 1.807) is 0 Å². The lowest BCUT2D eigenvalue weighted by Gasteiger charge is -2.05. The molecule has 0 aliphatic heterocycles. The zero-order valence-corrected chi connectivity index (χ0v) is 22.8. The fraction of sp³-hybridized carbons (Fsp3) is 0.719. The summed E-state index contributed by atoms with van der Waals surface area (Å²) >= 11 is 0. The number of ether oxygens (including phenoxy) is 1. The summed E-state index contributed by atoms with van der Waals surface area (Å²) in [5.74, 6) is -0.00367. The monoisotopic (exact) mass is 472 g/mol. The van der Waals surface area contributed by atoms with Crippen molar-refractivity contribution in [2.24, 2.45) is 0 Å². The van der Waals surface area contributed by atoms with Crippen molar-refractivity contribution in [3.63, 3.8) is 0 Å². The molecule has 0 aliphatic rings. The molecule has 0 radical (unpaired) electrons.